The average Bonchev–Trinajstić information content (AvgIpc) is 2.94. The molecule has 2 heteroatoms. The van der Waals surface area contributed by atoms with Crippen LogP contribution in [-0.4, -0.2) is 13.1 Å². The van der Waals surface area contributed by atoms with Crippen molar-refractivity contribution in [1.29, 1.82) is 0 Å². The van der Waals surface area contributed by atoms with E-state index in [9.17, 15) is 1.37 Å². The van der Waals surface area contributed by atoms with Gasteiger partial charge in [0.05, 0.1) is 0 Å². The van der Waals surface area contributed by atoms with E-state index in [1.165, 1.54) is 88.7 Å². The largest absolute Gasteiger partial charge is 0.372 e. The highest BCUT2D eigenvalue weighted by Gasteiger charge is 2.25. The summed E-state index contributed by atoms with van der Waals surface area (Å²) in [7, 11) is 2.14. The number of aryl methyl sites for hydroxylation is 2. The van der Waals surface area contributed by atoms with Crippen molar-refractivity contribution in [3.05, 3.63) is 84.1 Å². The Bertz CT molecular complexity index is 1430. The number of hydrogen-bond donors (Lipinski definition) is 0. The fourth-order valence-corrected chi connectivity index (χ4v) is 6.29. The van der Waals surface area contributed by atoms with Crippen molar-refractivity contribution >= 4 is 16.5 Å². The second-order valence-electron chi connectivity index (χ2n) is 10.9. The predicted octanol–water partition coefficient (Wildman–Crippen LogP) is 8.34. The van der Waals surface area contributed by atoms with E-state index in [0.29, 0.717) is 0 Å². The van der Waals surface area contributed by atoms with E-state index in [-0.39, 0.29) is 0 Å². The minimum absolute atomic E-state index is 0.525. The molecule has 1 saturated carbocycles. The van der Waals surface area contributed by atoms with Crippen LogP contribution in [0.3, 0.4) is 0 Å². The second kappa shape index (κ2) is 10.1. The molecule has 2 fully saturated rings. The summed E-state index contributed by atoms with van der Waals surface area (Å²) in [5.74, 6) is -0.525. The molecular weight excluding hydrogens is 436 g/mol. The van der Waals surface area contributed by atoms with Gasteiger partial charge in [0.2, 0.25) is 5.69 Å². The molecule has 1 aliphatic heterocycles. The van der Waals surface area contributed by atoms with E-state index in [4.69, 9.17) is 0 Å². The van der Waals surface area contributed by atoms with Gasteiger partial charge in [0, 0.05) is 37.3 Å². The van der Waals surface area contributed by atoms with Crippen molar-refractivity contribution in [2.45, 2.75) is 64.2 Å². The van der Waals surface area contributed by atoms with Crippen LogP contribution in [0.4, 0.5) is 5.69 Å². The van der Waals surface area contributed by atoms with Crippen molar-refractivity contribution < 1.29 is 5.94 Å². The molecule has 2 aliphatic rings. The number of aromatic nitrogens is 1. The van der Waals surface area contributed by atoms with Gasteiger partial charge in [-0.25, -0.2) is 4.57 Å². The normalized spacial score (nSPS) is 18.3. The van der Waals surface area contributed by atoms with E-state index < -0.39 is 5.89 Å². The number of anilines is 1. The van der Waals surface area contributed by atoms with Crippen LogP contribution in [0.1, 0.15) is 69.8 Å². The summed E-state index contributed by atoms with van der Waals surface area (Å²) in [5.41, 5.74) is 8.71. The minimum atomic E-state index is -0.525. The fourth-order valence-electron chi connectivity index (χ4n) is 6.29. The average molecular weight is 477 g/mol. The summed E-state index contributed by atoms with van der Waals surface area (Å²) in [6.07, 6.45) is 11.6. The van der Waals surface area contributed by atoms with E-state index in [1.807, 2.05) is 0 Å². The highest BCUT2D eigenvalue weighted by atomic mass is 15.1. The Kier molecular flexibility index (Phi) is 6.19. The van der Waals surface area contributed by atoms with Crippen molar-refractivity contribution in [3.8, 4) is 22.4 Å². The molecule has 1 aliphatic carbocycles. The molecule has 2 heterocycles. The van der Waals surface area contributed by atoms with E-state index >= 15 is 0 Å². The fraction of sp³-hybridized carbons (Fsp3) is 0.382. The maximum Gasteiger partial charge on any atom is 0.213 e. The number of hydrogen-bond acceptors (Lipinski definition) is 1. The van der Waals surface area contributed by atoms with Crippen molar-refractivity contribution in [2.75, 3.05) is 18.0 Å². The van der Waals surface area contributed by atoms with Gasteiger partial charge in [-0.1, -0.05) is 55.7 Å². The first kappa shape index (κ1) is 22.1. The lowest BCUT2D eigenvalue weighted by Gasteiger charge is -2.29. The smallest absolute Gasteiger partial charge is 0.213 e. The van der Waals surface area contributed by atoms with Crippen molar-refractivity contribution in [2.24, 2.45) is 7.05 Å². The highest BCUT2D eigenvalue weighted by molar-refractivity contribution is 5.90. The molecule has 1 aromatic heterocycles. The first-order valence-electron chi connectivity index (χ1n) is 14.4. The molecule has 0 spiro atoms. The Morgan fingerprint density at radius 2 is 1.50 bits per heavy atom. The molecule has 2 nitrogen and oxygen atoms in total. The third-order valence-corrected chi connectivity index (χ3v) is 8.39. The van der Waals surface area contributed by atoms with E-state index in [2.05, 4.69) is 96.4 Å². The van der Waals surface area contributed by atoms with Crippen LogP contribution in [-0.2, 0) is 7.05 Å². The molecule has 0 radical (unpaired) electrons. The standard InChI is InChI=1S/C34H39N2/c1-25-11-7-8-14-31(25)34-23-32(33(24-35(34)2)26-12-5-3-6-13-26)29-16-15-28-22-30(18-17-27(28)21-29)36-19-9-4-10-20-36/h7-8,11,14-18,21-24,26H,3-6,9-10,12-13,19-20H2,1-2H3/q+1/i26D. The summed E-state index contributed by atoms with van der Waals surface area (Å²) in [6.45, 7) is 4.52. The lowest BCUT2D eigenvalue weighted by atomic mass is 9.81. The topological polar surface area (TPSA) is 7.12 Å². The molecule has 4 aromatic rings. The van der Waals surface area contributed by atoms with E-state index in [1.54, 1.807) is 0 Å². The molecule has 0 amide bonds. The lowest BCUT2D eigenvalue weighted by Crippen LogP contribution is -2.32. The monoisotopic (exact) mass is 476 g/mol. The maximum atomic E-state index is 9.55. The van der Waals surface area contributed by atoms with Crippen LogP contribution in [0.5, 0.6) is 0 Å². The summed E-state index contributed by atoms with van der Waals surface area (Å²) >= 11 is 0. The molecule has 0 atom stereocenters. The van der Waals surface area contributed by atoms with Crippen LogP contribution in [0, 0.1) is 6.92 Å². The number of rotatable bonds is 4. The van der Waals surface area contributed by atoms with Gasteiger partial charge in [0.1, 0.15) is 7.05 Å². The molecule has 0 unspecified atom stereocenters. The quantitative estimate of drug-likeness (QED) is 0.268. The zero-order valence-electron chi connectivity index (χ0n) is 22.9. The number of nitrogens with zero attached hydrogens (tertiary/aromatic N) is 2. The Hall–Kier alpha value is -3.13. The molecule has 3 aromatic carbocycles. The number of piperidine rings is 1. The third-order valence-electron chi connectivity index (χ3n) is 8.39. The van der Waals surface area contributed by atoms with Gasteiger partial charge in [-0.15, -0.1) is 0 Å². The third kappa shape index (κ3) is 4.54. The number of fused-ring (bicyclic) bond motifs is 1. The van der Waals surface area contributed by atoms with Gasteiger partial charge in [0.25, 0.3) is 0 Å². The number of benzene rings is 3. The van der Waals surface area contributed by atoms with Crippen molar-refractivity contribution in [3.63, 3.8) is 0 Å². The van der Waals surface area contributed by atoms with Crippen LogP contribution in [0.2, 0.25) is 0 Å². The van der Waals surface area contributed by atoms with Gasteiger partial charge in [-0.3, -0.25) is 0 Å². The van der Waals surface area contributed by atoms with Gasteiger partial charge in [0.15, 0.2) is 6.20 Å². The van der Waals surface area contributed by atoms with Crippen LogP contribution < -0.4 is 9.47 Å². The van der Waals surface area contributed by atoms with Gasteiger partial charge in [-0.2, -0.15) is 0 Å². The zero-order chi connectivity index (χ0) is 25.4. The Morgan fingerprint density at radius 3 is 2.31 bits per heavy atom. The highest BCUT2D eigenvalue weighted by Crippen LogP contribution is 2.40. The van der Waals surface area contributed by atoms with Crippen LogP contribution >= 0.6 is 0 Å². The molecule has 0 N–H and O–H groups in total. The molecule has 1 saturated heterocycles. The second-order valence-corrected chi connectivity index (χ2v) is 10.9. The van der Waals surface area contributed by atoms with Crippen LogP contribution in [0.25, 0.3) is 33.2 Å². The van der Waals surface area contributed by atoms with Gasteiger partial charge in [-0.05, 0) is 96.7 Å². The molecule has 36 heavy (non-hydrogen) atoms. The summed E-state index contributed by atoms with van der Waals surface area (Å²) < 4.78 is 11.8. The molecular formula is C34H39N2+. The van der Waals surface area contributed by atoms with E-state index in [0.717, 1.165) is 25.7 Å². The molecule has 184 valence electrons. The summed E-state index contributed by atoms with van der Waals surface area (Å²) in [4.78, 5) is 2.54. The summed E-state index contributed by atoms with van der Waals surface area (Å²) in [6, 6.07) is 24.9. The lowest BCUT2D eigenvalue weighted by molar-refractivity contribution is -0.660. The predicted molar refractivity (Wildman–Crippen MR) is 153 cm³/mol. The molecule has 0 bridgehead atoms. The SMILES string of the molecule is [2H]C1(c2c[n+](C)c(-c3ccccc3C)cc2-c2ccc3cc(N4CCCCC4)ccc3c2)CCCCC1. The first-order valence-corrected chi connectivity index (χ1v) is 13.9. The summed E-state index contributed by atoms with van der Waals surface area (Å²) in [5, 5.41) is 2.57. The van der Waals surface area contributed by atoms with Gasteiger partial charge < -0.3 is 4.90 Å². The Morgan fingerprint density at radius 1 is 0.778 bits per heavy atom. The van der Waals surface area contributed by atoms with Crippen LogP contribution in [0.15, 0.2) is 72.9 Å². The first-order chi connectivity index (χ1) is 18.0. The molecule has 6 rings (SSSR count). The van der Waals surface area contributed by atoms with Crippen molar-refractivity contribution in [1.82, 2.24) is 0 Å². The number of pyridine rings is 1. The maximum absolute atomic E-state index is 9.55. The Labute approximate surface area is 218 Å². The van der Waals surface area contributed by atoms with Gasteiger partial charge >= 0.3 is 0 Å². The minimum Gasteiger partial charge on any atom is -0.372 e. The Balaban J connectivity index is 1.48. The zero-order valence-corrected chi connectivity index (χ0v) is 21.9.